The standard InChI is InChI=1S/C19H22N2O3S.C19H21NO4S/c1-25(23,24)21(18-10-9-15-3-2-4-17(15)11-18)13-14-5-7-16(8-6-14)19(22)12-20;1-24-19(21)16-8-6-14(7-9-16)13-20(25(2,22)23)18-11-10-15-4-3-5-17(15)12-18/h5-11H,2-4,12-13,20H2,1H3;6-12H,3-5,13H2,1-2H3. The van der Waals surface area contributed by atoms with Crippen molar-refractivity contribution in [2.24, 2.45) is 5.73 Å². The fraction of sp³-hybridized carbons (Fsp3) is 0.316. The summed E-state index contributed by atoms with van der Waals surface area (Å²) < 4.78 is 56.7. The molecule has 0 bridgehead atoms. The average Bonchev–Trinajstić information content (AvgIpc) is 3.78. The van der Waals surface area contributed by atoms with Crippen molar-refractivity contribution in [1.82, 2.24) is 0 Å². The van der Waals surface area contributed by atoms with E-state index in [0.29, 0.717) is 22.5 Å². The number of Topliss-reactive ketones (excluding diaryl/α,β-unsaturated/α-hetero) is 1. The van der Waals surface area contributed by atoms with Gasteiger partial charge in [0.25, 0.3) is 0 Å². The maximum absolute atomic E-state index is 12.3. The van der Waals surface area contributed by atoms with E-state index in [2.05, 4.69) is 4.74 Å². The van der Waals surface area contributed by atoms with E-state index in [9.17, 15) is 26.4 Å². The molecule has 0 heterocycles. The molecule has 0 radical (unpaired) electrons. The van der Waals surface area contributed by atoms with Crippen LogP contribution in [0.5, 0.6) is 0 Å². The number of ether oxygens (including phenoxy) is 1. The lowest BCUT2D eigenvalue weighted by molar-refractivity contribution is 0.0600. The summed E-state index contributed by atoms with van der Waals surface area (Å²) >= 11 is 0. The third-order valence-corrected chi connectivity index (χ3v) is 11.3. The highest BCUT2D eigenvalue weighted by Crippen LogP contribution is 2.30. The highest BCUT2D eigenvalue weighted by atomic mass is 32.2. The number of carbonyl (C=O) groups excluding carboxylic acids is 2. The topological polar surface area (TPSA) is 144 Å². The van der Waals surface area contributed by atoms with E-state index >= 15 is 0 Å². The summed E-state index contributed by atoms with van der Waals surface area (Å²) in [5.74, 6) is -0.546. The minimum atomic E-state index is -3.42. The number of rotatable bonds is 11. The number of esters is 1. The second-order valence-electron chi connectivity index (χ2n) is 12.7. The van der Waals surface area contributed by atoms with Crippen LogP contribution in [0.15, 0.2) is 84.9 Å². The highest BCUT2D eigenvalue weighted by molar-refractivity contribution is 7.92. The van der Waals surface area contributed by atoms with Crippen molar-refractivity contribution in [2.75, 3.05) is 34.8 Å². The van der Waals surface area contributed by atoms with Gasteiger partial charge in [0.15, 0.2) is 5.78 Å². The second-order valence-corrected chi connectivity index (χ2v) is 16.5. The van der Waals surface area contributed by atoms with E-state index in [1.807, 2.05) is 36.4 Å². The zero-order valence-electron chi connectivity index (χ0n) is 28.6. The van der Waals surface area contributed by atoms with Crippen molar-refractivity contribution in [2.45, 2.75) is 51.6 Å². The molecule has 0 spiro atoms. The lowest BCUT2D eigenvalue weighted by Crippen LogP contribution is -2.29. The van der Waals surface area contributed by atoms with Gasteiger partial charge in [-0.05, 0) is 108 Å². The number of carbonyl (C=O) groups is 2. The first-order valence-corrected chi connectivity index (χ1v) is 20.1. The van der Waals surface area contributed by atoms with Gasteiger partial charge in [0, 0.05) is 5.56 Å². The lowest BCUT2D eigenvalue weighted by Gasteiger charge is -2.23. The predicted molar refractivity (Wildman–Crippen MR) is 197 cm³/mol. The summed E-state index contributed by atoms with van der Waals surface area (Å²) in [6, 6.07) is 25.5. The summed E-state index contributed by atoms with van der Waals surface area (Å²) in [6.07, 6.45) is 8.77. The van der Waals surface area contributed by atoms with Gasteiger partial charge in [0.1, 0.15) is 0 Å². The van der Waals surface area contributed by atoms with Gasteiger partial charge in [-0.15, -0.1) is 0 Å². The Balaban J connectivity index is 0.000000194. The summed E-state index contributed by atoms with van der Waals surface area (Å²) in [5.41, 5.74) is 14.4. The molecule has 2 aliphatic carbocycles. The largest absolute Gasteiger partial charge is 0.465 e. The van der Waals surface area contributed by atoms with Crippen LogP contribution in [-0.4, -0.2) is 54.8 Å². The molecule has 6 rings (SSSR count). The zero-order valence-corrected chi connectivity index (χ0v) is 30.2. The van der Waals surface area contributed by atoms with Crippen LogP contribution in [0.4, 0.5) is 11.4 Å². The van der Waals surface area contributed by atoms with Crippen LogP contribution in [-0.2, 0) is 63.6 Å². The molecule has 4 aromatic rings. The van der Waals surface area contributed by atoms with Gasteiger partial charge in [-0.3, -0.25) is 13.4 Å². The SMILES string of the molecule is COC(=O)c1ccc(CN(c2ccc3c(c2)CCC3)S(C)(=O)=O)cc1.CS(=O)(=O)N(Cc1ccc(C(=O)CN)cc1)c1ccc2c(c1)CCC2. The molecule has 0 aromatic heterocycles. The number of sulfonamides is 2. The van der Waals surface area contributed by atoms with E-state index in [-0.39, 0.29) is 25.4 Å². The molecule has 0 aliphatic heterocycles. The van der Waals surface area contributed by atoms with Gasteiger partial charge in [-0.25, -0.2) is 21.6 Å². The number of hydrogen-bond donors (Lipinski definition) is 1. The van der Waals surface area contributed by atoms with Crippen LogP contribution in [0.1, 0.15) is 66.9 Å². The molecule has 0 fully saturated rings. The first-order chi connectivity index (χ1) is 23.8. The maximum atomic E-state index is 12.3. The Hall–Kier alpha value is -4.52. The Morgan fingerprint density at radius 3 is 1.40 bits per heavy atom. The number of nitrogens with two attached hydrogens (primary N) is 1. The van der Waals surface area contributed by atoms with Crippen molar-refractivity contribution in [3.63, 3.8) is 0 Å². The minimum absolute atomic E-state index is 0.0378. The van der Waals surface area contributed by atoms with Crippen LogP contribution in [0.3, 0.4) is 0 Å². The van der Waals surface area contributed by atoms with Gasteiger partial charge >= 0.3 is 5.97 Å². The van der Waals surface area contributed by atoms with Crippen LogP contribution in [0.25, 0.3) is 0 Å². The Bertz CT molecular complexity index is 1930. The molecular weight excluding hydrogens is 675 g/mol. The predicted octanol–water partition coefficient (Wildman–Crippen LogP) is 5.21. The number of anilines is 2. The van der Waals surface area contributed by atoms with Crippen LogP contribution in [0.2, 0.25) is 0 Å². The quantitative estimate of drug-likeness (QED) is 0.165. The zero-order chi connectivity index (χ0) is 36.1. The molecule has 2 N–H and O–H groups in total. The number of fused-ring (bicyclic) bond motifs is 2. The Labute approximate surface area is 295 Å². The Morgan fingerprint density at radius 2 is 1.02 bits per heavy atom. The second kappa shape index (κ2) is 15.6. The van der Waals surface area contributed by atoms with Crippen LogP contribution >= 0.6 is 0 Å². The third kappa shape index (κ3) is 8.98. The molecule has 12 heteroatoms. The Morgan fingerprint density at radius 1 is 0.620 bits per heavy atom. The molecule has 4 aromatic carbocycles. The number of nitrogens with zero attached hydrogens (tertiary/aromatic N) is 2. The van der Waals surface area contributed by atoms with Gasteiger partial charge in [-0.2, -0.15) is 0 Å². The number of aryl methyl sites for hydroxylation is 4. The van der Waals surface area contributed by atoms with E-state index < -0.39 is 26.0 Å². The molecular formula is C38H43N3O7S2. The van der Waals surface area contributed by atoms with Crippen LogP contribution in [0, 0.1) is 0 Å². The summed E-state index contributed by atoms with van der Waals surface area (Å²) in [5, 5.41) is 0. The molecule has 0 atom stereocenters. The third-order valence-electron chi connectivity index (χ3n) is 9.03. The highest BCUT2D eigenvalue weighted by Gasteiger charge is 2.22. The summed E-state index contributed by atoms with van der Waals surface area (Å²) in [7, 11) is -5.51. The minimum Gasteiger partial charge on any atom is -0.465 e. The van der Waals surface area contributed by atoms with E-state index in [0.717, 1.165) is 49.7 Å². The van der Waals surface area contributed by atoms with Crippen molar-refractivity contribution >= 4 is 43.2 Å². The van der Waals surface area contributed by atoms with E-state index in [4.69, 9.17) is 5.73 Å². The molecule has 0 amide bonds. The smallest absolute Gasteiger partial charge is 0.337 e. The average molecular weight is 718 g/mol. The van der Waals surface area contributed by atoms with Gasteiger partial charge in [-0.1, -0.05) is 48.5 Å². The molecule has 264 valence electrons. The van der Waals surface area contributed by atoms with Crippen LogP contribution < -0.4 is 14.3 Å². The van der Waals surface area contributed by atoms with E-state index in [1.165, 1.54) is 50.5 Å². The fourth-order valence-corrected chi connectivity index (χ4v) is 8.10. The van der Waals surface area contributed by atoms with Gasteiger partial charge < -0.3 is 10.5 Å². The molecule has 0 unspecified atom stereocenters. The molecule has 0 saturated heterocycles. The van der Waals surface area contributed by atoms with Crippen molar-refractivity contribution < 1.29 is 31.2 Å². The molecule has 0 saturated carbocycles. The number of hydrogen-bond acceptors (Lipinski definition) is 8. The lowest BCUT2D eigenvalue weighted by atomic mass is 10.1. The molecule has 2 aliphatic rings. The monoisotopic (exact) mass is 717 g/mol. The maximum Gasteiger partial charge on any atom is 0.337 e. The Kier molecular flexibility index (Phi) is 11.4. The first-order valence-electron chi connectivity index (χ1n) is 16.5. The summed E-state index contributed by atoms with van der Waals surface area (Å²) in [4.78, 5) is 23.1. The number of methoxy groups -OCH3 is 1. The first kappa shape index (κ1) is 36.8. The van der Waals surface area contributed by atoms with Crippen molar-refractivity contribution in [1.29, 1.82) is 0 Å². The summed E-state index contributed by atoms with van der Waals surface area (Å²) in [6.45, 7) is 0.414. The van der Waals surface area contributed by atoms with Crippen molar-refractivity contribution in [3.05, 3.63) is 129 Å². The van der Waals surface area contributed by atoms with E-state index in [1.54, 1.807) is 48.5 Å². The molecule has 10 nitrogen and oxygen atoms in total. The number of benzene rings is 4. The van der Waals surface area contributed by atoms with Crippen molar-refractivity contribution in [3.8, 4) is 0 Å². The number of ketones is 1. The molecule has 50 heavy (non-hydrogen) atoms. The van der Waals surface area contributed by atoms with Gasteiger partial charge in [0.2, 0.25) is 20.0 Å². The van der Waals surface area contributed by atoms with Gasteiger partial charge in [0.05, 0.1) is 56.2 Å². The normalized spacial score (nSPS) is 13.4. The fourth-order valence-electron chi connectivity index (χ4n) is 6.34.